The molecule has 0 unspecified atom stereocenters. The van der Waals surface area contributed by atoms with Crippen molar-refractivity contribution in [2.75, 3.05) is 0 Å². The van der Waals surface area contributed by atoms with Crippen LogP contribution in [0.5, 0.6) is 0 Å². The van der Waals surface area contributed by atoms with Crippen molar-refractivity contribution in [2.24, 2.45) is 0 Å². The molecule has 0 spiro atoms. The minimum absolute atomic E-state index is 0. The topological polar surface area (TPSA) is 0 Å². The smallest absolute Gasteiger partial charge is 1.00 e. The number of halogens is 75. The number of hydrogen-bond acceptors (Lipinski definition) is 0. The molecule has 0 aliphatic carbocycles. The van der Waals surface area contributed by atoms with Crippen molar-refractivity contribution in [3.8, 4) is 0 Å². The van der Waals surface area contributed by atoms with Crippen LogP contribution < -0.4 is 24.8 Å². The average Bonchev–Trinajstić information content (AvgIpc) is 0. The zero-order chi connectivity index (χ0) is 0. The first kappa shape index (κ1) is 1800. The minimum Gasteiger partial charge on any atom is -1.00 e. The molecule has 0 radical (unpaired) electrons. The van der Waals surface area contributed by atoms with E-state index < -0.39 is 0 Å². The molecule has 76 heavy (non-hydrogen) atoms. The van der Waals surface area contributed by atoms with Gasteiger partial charge >= 0.3 is 37.7 Å². The molecule has 0 nitrogen and oxygen atoms in total. The van der Waals surface area contributed by atoms with Crippen molar-refractivity contribution in [1.82, 2.24) is 0 Å². The second-order valence-corrected chi connectivity index (χ2v) is 0. The van der Waals surface area contributed by atoms with Gasteiger partial charge in [0, 0.05) is 0 Å². The van der Waals surface area contributed by atoms with Crippen LogP contribution in [0.3, 0.4) is 0 Å². The van der Waals surface area contributed by atoms with Crippen LogP contribution in [0.4, 0.5) is 0 Å². The van der Waals surface area contributed by atoms with Gasteiger partial charge < -0.3 is 24.8 Å². The van der Waals surface area contributed by atoms with Crippen LogP contribution in [0.15, 0.2) is 0 Å². The van der Waals surface area contributed by atoms with Crippen molar-refractivity contribution in [1.29, 1.82) is 0 Å². The van der Waals surface area contributed by atoms with Gasteiger partial charge in [-0.1, -0.05) is 0 Å². The maximum Gasteiger partial charge on any atom is 2.00 e. The average molecular weight is 2770 g/mol. The van der Waals surface area contributed by atoms with Crippen molar-refractivity contribution in [3.05, 3.63) is 0 Å². The molecule has 0 aliphatic rings. The Morgan fingerprint density at radius 3 is 0.0395 bits per heavy atom. The minimum atomic E-state index is 0. The molecule has 0 saturated carbocycles. The van der Waals surface area contributed by atoms with E-state index >= 15 is 0 Å². The van der Waals surface area contributed by atoms with Gasteiger partial charge in [0.05, 0.1) is 0 Å². The fraction of sp³-hybridized carbons (Fsp3) is 0. The summed E-state index contributed by atoms with van der Waals surface area (Å²) in [6.45, 7) is 0. The zero-order valence-electron chi connectivity index (χ0n) is 31.3. The summed E-state index contributed by atoms with van der Waals surface area (Å²) in [5.74, 6) is 0. The van der Waals surface area contributed by atoms with Crippen LogP contribution in [0, 0.1) is 0 Å². The second-order valence-electron chi connectivity index (χ2n) is 0. The fourth-order valence-corrected chi connectivity index (χ4v) is 0. The standard InChI is InChI=1S/Ca.75ClH/h;75*1H/q+2;;;;;;;;;;;;;;;;;;;;;;;;;;;;;;;;;;;;;;;;;;;;;;;;;;;;;;;;;;;;;;;;;;;;;;;;;;;/p-2. The van der Waals surface area contributed by atoms with E-state index in [-0.39, 0.29) is 968 Å². The first-order valence-corrected chi connectivity index (χ1v) is 0. The molecule has 0 saturated heterocycles. The Kier molecular flexibility index (Phi) is 41200. The largest absolute Gasteiger partial charge is 2.00 e. The molecule has 0 amide bonds. The van der Waals surface area contributed by atoms with Crippen LogP contribution in [0.2, 0.25) is 0 Å². The van der Waals surface area contributed by atoms with Crippen LogP contribution in [0.25, 0.3) is 0 Å². The monoisotopic (exact) mass is 2740 g/mol. The Labute approximate surface area is 949 Å². The summed E-state index contributed by atoms with van der Waals surface area (Å²) in [4.78, 5) is 0. The Hall–Kier alpha value is 23.0. The number of rotatable bonds is 0. The second kappa shape index (κ2) is 1740. The predicted molar refractivity (Wildman–Crippen MR) is 535 cm³/mol. The Morgan fingerprint density at radius 2 is 0.0395 bits per heavy atom. The predicted octanol–water partition coefficient (Wildman–Crippen LogP) is 24.4. The van der Waals surface area contributed by atoms with Crippen molar-refractivity contribution in [2.45, 2.75) is 0 Å². The van der Waals surface area contributed by atoms with Gasteiger partial charge in [0.1, 0.15) is 0 Å². The Bertz CT molecular complexity index is 7.68. The van der Waals surface area contributed by atoms with Crippen molar-refractivity contribution >= 4 is 943 Å². The molecule has 0 rings (SSSR count). The molecule has 0 heterocycles. The SMILES string of the molecule is Cl.Cl.Cl.Cl.Cl.Cl.Cl.Cl.Cl.Cl.Cl.Cl.Cl.Cl.Cl.Cl.Cl.Cl.Cl.Cl.Cl.Cl.Cl.Cl.Cl.Cl.Cl.Cl.Cl.Cl.Cl.Cl.Cl.Cl.Cl.Cl.Cl.Cl.Cl.Cl.Cl.Cl.Cl.Cl.Cl.Cl.Cl.Cl.Cl.Cl.Cl.Cl.Cl.Cl.Cl.Cl.Cl.Cl.Cl.Cl.Cl.Cl.Cl.Cl.Cl.Cl.Cl.Cl.Cl.Cl.Cl.Cl.Cl.[Ca+2].[Cl-].[Cl-]. The molecule has 0 aromatic rings. The van der Waals surface area contributed by atoms with E-state index in [0.717, 1.165) is 0 Å². The summed E-state index contributed by atoms with van der Waals surface area (Å²) in [6, 6.07) is 0. The third kappa shape index (κ3) is 1690. The molecular formula is H73CaCl75. The maximum absolute atomic E-state index is 0. The number of hydrogen-bond donors (Lipinski definition) is 0. The van der Waals surface area contributed by atoms with Gasteiger partial charge in [-0.2, -0.15) is 0 Å². The van der Waals surface area contributed by atoms with Crippen molar-refractivity contribution in [3.63, 3.8) is 0 Å². The van der Waals surface area contributed by atoms with Gasteiger partial charge in [-0.3, -0.25) is 0 Å². The van der Waals surface area contributed by atoms with E-state index in [9.17, 15) is 0 Å². The Balaban J connectivity index is 0. The van der Waals surface area contributed by atoms with E-state index in [1.807, 2.05) is 0 Å². The van der Waals surface area contributed by atoms with Crippen LogP contribution >= 0.6 is 906 Å². The van der Waals surface area contributed by atoms with Crippen molar-refractivity contribution < 1.29 is 24.8 Å². The van der Waals surface area contributed by atoms with Crippen LogP contribution in [0.1, 0.15) is 0 Å². The van der Waals surface area contributed by atoms with Gasteiger partial charge in [0.15, 0.2) is 0 Å². The molecule has 76 heteroatoms. The van der Waals surface area contributed by atoms with E-state index in [2.05, 4.69) is 0 Å². The first-order chi connectivity index (χ1) is 0. The Morgan fingerprint density at radius 1 is 0.0395 bits per heavy atom. The van der Waals surface area contributed by atoms with E-state index in [0.29, 0.717) is 0 Å². The summed E-state index contributed by atoms with van der Waals surface area (Å²) < 4.78 is 0. The summed E-state index contributed by atoms with van der Waals surface area (Å²) in [7, 11) is 0. The van der Waals surface area contributed by atoms with Gasteiger partial charge in [0.25, 0.3) is 0 Å². The third-order valence-corrected chi connectivity index (χ3v) is 0. The maximum atomic E-state index is 0. The molecule has 0 aromatic carbocycles. The first-order valence-electron chi connectivity index (χ1n) is 0. The quantitative estimate of drug-likeness (QED) is 0.212. The van der Waals surface area contributed by atoms with Gasteiger partial charge in [0.2, 0.25) is 0 Å². The molecular weight excluding hydrogens is 2700 g/mol. The summed E-state index contributed by atoms with van der Waals surface area (Å²) >= 11 is 0. The van der Waals surface area contributed by atoms with E-state index in [4.69, 9.17) is 0 Å². The zero-order valence-corrected chi connectivity index (χ0v) is 94.6. The molecule has 0 bridgehead atoms. The van der Waals surface area contributed by atoms with Gasteiger partial charge in [-0.05, 0) is 0 Å². The molecule has 0 atom stereocenters. The third-order valence-electron chi connectivity index (χ3n) is 0. The normalized spacial score (nSPS) is 0. The molecule has 0 aromatic heterocycles. The van der Waals surface area contributed by atoms with Gasteiger partial charge in [-0.25, -0.2) is 0 Å². The molecule has 0 fully saturated rings. The molecule has 0 aliphatic heterocycles. The van der Waals surface area contributed by atoms with Crippen LogP contribution in [-0.4, -0.2) is 37.7 Å². The van der Waals surface area contributed by atoms with E-state index in [1.54, 1.807) is 0 Å². The molecule has 0 N–H and O–H groups in total. The summed E-state index contributed by atoms with van der Waals surface area (Å²) in [5.41, 5.74) is 0. The summed E-state index contributed by atoms with van der Waals surface area (Å²) in [6.07, 6.45) is 0. The fourth-order valence-electron chi connectivity index (χ4n) is 0. The van der Waals surface area contributed by atoms with Gasteiger partial charge in [-0.15, -0.1) is 906 Å². The molecule has 600 valence electrons. The van der Waals surface area contributed by atoms with Crippen LogP contribution in [-0.2, 0) is 0 Å². The van der Waals surface area contributed by atoms with E-state index in [1.165, 1.54) is 0 Å². The summed E-state index contributed by atoms with van der Waals surface area (Å²) in [5, 5.41) is 0.